The van der Waals surface area contributed by atoms with Gasteiger partial charge in [-0.3, -0.25) is 9.59 Å². The maximum atomic E-state index is 11.6. The Morgan fingerprint density at radius 3 is 1.87 bits per heavy atom. The molecule has 4 nitrogen and oxygen atoms in total. The van der Waals surface area contributed by atoms with E-state index in [-0.39, 0.29) is 17.8 Å². The third kappa shape index (κ3) is 5.40. The monoisotopic (exact) mass is 216 g/mol. The van der Waals surface area contributed by atoms with E-state index >= 15 is 0 Å². The van der Waals surface area contributed by atoms with Crippen LogP contribution in [0.5, 0.6) is 0 Å². The largest absolute Gasteiger partial charge is 0.423 e. The molecule has 1 atom stereocenters. The Morgan fingerprint density at radius 2 is 1.53 bits per heavy atom. The Bertz CT molecular complexity index is 243. The van der Waals surface area contributed by atoms with Crippen LogP contribution in [0.25, 0.3) is 0 Å². The summed E-state index contributed by atoms with van der Waals surface area (Å²) >= 11 is 0. The van der Waals surface area contributed by atoms with Gasteiger partial charge in [-0.25, -0.2) is 0 Å². The molecule has 0 aliphatic carbocycles. The van der Waals surface area contributed by atoms with Gasteiger partial charge in [-0.05, 0) is 5.92 Å². The molecule has 0 aliphatic heterocycles. The molecule has 0 rings (SSSR count). The molecule has 0 bridgehead atoms. The smallest absolute Gasteiger partial charge is 0.312 e. The van der Waals surface area contributed by atoms with Crippen molar-refractivity contribution in [1.82, 2.24) is 0 Å². The van der Waals surface area contributed by atoms with Crippen LogP contribution in [0.15, 0.2) is 0 Å². The maximum Gasteiger partial charge on any atom is 0.312 e. The first-order valence-electron chi connectivity index (χ1n) is 5.08. The molecule has 0 fully saturated rings. The van der Waals surface area contributed by atoms with Crippen LogP contribution in [0.2, 0.25) is 0 Å². The summed E-state index contributed by atoms with van der Waals surface area (Å²) in [5.41, 5.74) is 0. The molecule has 15 heavy (non-hydrogen) atoms. The fourth-order valence-corrected chi connectivity index (χ4v) is 0.974. The molecule has 0 aromatic carbocycles. The van der Waals surface area contributed by atoms with Crippen LogP contribution < -0.4 is 0 Å². The predicted octanol–water partition coefficient (Wildman–Crippen LogP) is 2.12. The maximum absolute atomic E-state index is 11.6. The van der Waals surface area contributed by atoms with Crippen LogP contribution in [0, 0.1) is 11.8 Å². The summed E-state index contributed by atoms with van der Waals surface area (Å²) in [6.45, 7) is 10.0. The van der Waals surface area contributed by atoms with Gasteiger partial charge >= 0.3 is 11.9 Å². The lowest BCUT2D eigenvalue weighted by Crippen LogP contribution is -2.36. The van der Waals surface area contributed by atoms with Gasteiger partial charge in [0.15, 0.2) is 0 Å². The fourth-order valence-electron chi connectivity index (χ4n) is 0.974. The Labute approximate surface area is 90.9 Å². The van der Waals surface area contributed by atoms with Crippen molar-refractivity contribution in [3.8, 4) is 0 Å². The van der Waals surface area contributed by atoms with Crippen molar-refractivity contribution in [3.63, 3.8) is 0 Å². The highest BCUT2D eigenvalue weighted by molar-refractivity contribution is 5.73. The number of ether oxygens (including phenoxy) is 2. The molecule has 0 heterocycles. The van der Waals surface area contributed by atoms with E-state index in [2.05, 4.69) is 0 Å². The highest BCUT2D eigenvalue weighted by Crippen LogP contribution is 2.18. The van der Waals surface area contributed by atoms with Crippen LogP contribution >= 0.6 is 0 Å². The van der Waals surface area contributed by atoms with Gasteiger partial charge in [0.2, 0.25) is 0 Å². The third-order valence-corrected chi connectivity index (χ3v) is 2.11. The highest BCUT2D eigenvalue weighted by Gasteiger charge is 2.29. The molecule has 4 heteroatoms. The van der Waals surface area contributed by atoms with E-state index in [1.54, 1.807) is 20.8 Å². The van der Waals surface area contributed by atoms with Crippen molar-refractivity contribution in [2.45, 2.75) is 47.3 Å². The van der Waals surface area contributed by atoms with Gasteiger partial charge in [-0.2, -0.15) is 0 Å². The Kier molecular flexibility index (Phi) is 4.78. The molecule has 0 aliphatic rings. The van der Waals surface area contributed by atoms with Gasteiger partial charge in [0.25, 0.3) is 5.79 Å². The molecule has 0 saturated heterocycles. The second-order valence-corrected chi connectivity index (χ2v) is 4.45. The van der Waals surface area contributed by atoms with Crippen LogP contribution in [0.3, 0.4) is 0 Å². The highest BCUT2D eigenvalue weighted by atomic mass is 16.7. The average Bonchev–Trinajstić information content (AvgIpc) is 1.98. The number of esters is 2. The molecule has 0 spiro atoms. The van der Waals surface area contributed by atoms with Crippen molar-refractivity contribution in [2.24, 2.45) is 11.8 Å². The molecule has 0 saturated carbocycles. The molecule has 0 N–H and O–H groups in total. The number of carbonyl (C=O) groups excluding carboxylic acids is 2. The minimum atomic E-state index is -1.19. The van der Waals surface area contributed by atoms with E-state index in [0.717, 1.165) is 0 Å². The van der Waals surface area contributed by atoms with Gasteiger partial charge in [0, 0.05) is 20.8 Å². The second kappa shape index (κ2) is 5.14. The molecule has 1 unspecified atom stereocenters. The second-order valence-electron chi connectivity index (χ2n) is 4.45. The van der Waals surface area contributed by atoms with Crippen LogP contribution in [0.4, 0.5) is 0 Å². The van der Waals surface area contributed by atoms with Gasteiger partial charge in [-0.1, -0.05) is 20.8 Å². The lowest BCUT2D eigenvalue weighted by molar-refractivity contribution is -0.218. The van der Waals surface area contributed by atoms with Crippen molar-refractivity contribution >= 4 is 11.9 Å². The van der Waals surface area contributed by atoms with E-state index in [1.807, 2.05) is 13.8 Å². The quantitative estimate of drug-likeness (QED) is 0.533. The van der Waals surface area contributed by atoms with Gasteiger partial charge in [0.1, 0.15) is 0 Å². The number of hydrogen-bond acceptors (Lipinski definition) is 4. The normalized spacial score (nSPS) is 13.5. The molecule has 0 amide bonds. The van der Waals surface area contributed by atoms with Crippen molar-refractivity contribution in [3.05, 3.63) is 0 Å². The lowest BCUT2D eigenvalue weighted by atomic mass is 9.98. The van der Waals surface area contributed by atoms with Crippen molar-refractivity contribution < 1.29 is 19.1 Å². The van der Waals surface area contributed by atoms with Crippen molar-refractivity contribution in [2.75, 3.05) is 0 Å². The summed E-state index contributed by atoms with van der Waals surface area (Å²) in [6.07, 6.45) is 0. The van der Waals surface area contributed by atoms with Crippen LogP contribution in [-0.2, 0) is 19.1 Å². The summed E-state index contributed by atoms with van der Waals surface area (Å²) in [5.74, 6) is -2.02. The Hall–Kier alpha value is -1.06. The Morgan fingerprint density at radius 1 is 1.07 bits per heavy atom. The summed E-state index contributed by atoms with van der Waals surface area (Å²) < 4.78 is 9.95. The van der Waals surface area contributed by atoms with E-state index < -0.39 is 11.8 Å². The predicted molar refractivity (Wildman–Crippen MR) is 55.9 cm³/mol. The van der Waals surface area contributed by atoms with Crippen LogP contribution in [0.1, 0.15) is 41.5 Å². The zero-order valence-electron chi connectivity index (χ0n) is 10.3. The zero-order chi connectivity index (χ0) is 12.2. The first-order chi connectivity index (χ1) is 6.65. The van der Waals surface area contributed by atoms with E-state index in [1.165, 1.54) is 6.92 Å². The summed E-state index contributed by atoms with van der Waals surface area (Å²) in [6, 6.07) is 0. The SMILES string of the molecule is CC(=O)OC(C)(C)OC(=O)C(C)C(C)C. The van der Waals surface area contributed by atoms with Crippen LogP contribution in [-0.4, -0.2) is 17.7 Å². The number of carbonyl (C=O) groups is 2. The Balaban J connectivity index is 4.33. The average molecular weight is 216 g/mol. The fraction of sp³-hybridized carbons (Fsp3) is 0.818. The molecule has 0 radical (unpaired) electrons. The van der Waals surface area contributed by atoms with Crippen molar-refractivity contribution in [1.29, 1.82) is 0 Å². The molecule has 0 aromatic rings. The molecule has 88 valence electrons. The molecular weight excluding hydrogens is 196 g/mol. The first-order valence-corrected chi connectivity index (χ1v) is 5.08. The summed E-state index contributed by atoms with van der Waals surface area (Å²) in [4.78, 5) is 22.3. The zero-order valence-corrected chi connectivity index (χ0v) is 10.3. The van der Waals surface area contributed by atoms with Gasteiger partial charge < -0.3 is 9.47 Å². The third-order valence-electron chi connectivity index (χ3n) is 2.11. The minimum Gasteiger partial charge on any atom is -0.423 e. The minimum absolute atomic E-state index is 0.200. The van der Waals surface area contributed by atoms with E-state index in [4.69, 9.17) is 9.47 Å². The van der Waals surface area contributed by atoms with Gasteiger partial charge in [-0.15, -0.1) is 0 Å². The summed E-state index contributed by atoms with van der Waals surface area (Å²) in [7, 11) is 0. The van der Waals surface area contributed by atoms with E-state index in [9.17, 15) is 9.59 Å². The standard InChI is InChI=1S/C11H20O4/c1-7(2)8(3)10(13)15-11(5,6)14-9(4)12/h7-8H,1-6H3. The topological polar surface area (TPSA) is 52.6 Å². The number of hydrogen-bond donors (Lipinski definition) is 0. The molecular formula is C11H20O4. The van der Waals surface area contributed by atoms with Gasteiger partial charge in [0.05, 0.1) is 5.92 Å². The van der Waals surface area contributed by atoms with E-state index in [0.29, 0.717) is 0 Å². The lowest BCUT2D eigenvalue weighted by Gasteiger charge is -2.26. The molecule has 0 aromatic heterocycles. The first kappa shape index (κ1) is 13.9. The summed E-state index contributed by atoms with van der Waals surface area (Å²) in [5, 5.41) is 0. The number of rotatable bonds is 4.